The molecule has 2 rings (SSSR count). The minimum atomic E-state index is -0.737. The topological polar surface area (TPSA) is 57.6 Å². The van der Waals surface area contributed by atoms with Crippen molar-refractivity contribution in [2.45, 2.75) is 30.6 Å². The van der Waals surface area contributed by atoms with Crippen LogP contribution in [-0.4, -0.2) is 40.7 Å². The fraction of sp³-hybridized carbons (Fsp3) is 0.500. The van der Waals surface area contributed by atoms with Crippen LogP contribution in [0.5, 0.6) is 0 Å². The highest BCUT2D eigenvalue weighted by atomic mass is 32.2. The molecule has 1 aromatic rings. The second-order valence-electron chi connectivity index (χ2n) is 5.33. The highest BCUT2D eigenvalue weighted by Gasteiger charge is 2.23. The summed E-state index contributed by atoms with van der Waals surface area (Å²) in [5.41, 5.74) is 0. The van der Waals surface area contributed by atoms with Gasteiger partial charge in [-0.3, -0.25) is 9.59 Å². The maximum atomic E-state index is 12.1. The van der Waals surface area contributed by atoms with Gasteiger partial charge in [-0.25, -0.2) is 0 Å². The van der Waals surface area contributed by atoms with Gasteiger partial charge in [0.2, 0.25) is 5.91 Å². The molecule has 0 aromatic heterocycles. The molecule has 0 unspecified atom stereocenters. The smallest absolute Gasteiger partial charge is 0.303 e. The van der Waals surface area contributed by atoms with Crippen molar-refractivity contribution in [1.29, 1.82) is 0 Å². The number of carbonyl (C=O) groups is 2. The number of amides is 1. The summed E-state index contributed by atoms with van der Waals surface area (Å²) in [5.74, 6) is 0.467. The normalized spacial score (nSPS) is 15.9. The Bertz CT molecular complexity index is 470. The average Bonchev–Trinajstić information content (AvgIpc) is 2.48. The highest BCUT2D eigenvalue weighted by molar-refractivity contribution is 7.99. The van der Waals surface area contributed by atoms with Gasteiger partial charge in [-0.15, -0.1) is 11.8 Å². The largest absolute Gasteiger partial charge is 0.481 e. The Morgan fingerprint density at radius 3 is 2.48 bits per heavy atom. The summed E-state index contributed by atoms with van der Waals surface area (Å²) in [5, 5.41) is 8.78. The Balaban J connectivity index is 1.67. The van der Waals surface area contributed by atoms with Gasteiger partial charge in [-0.1, -0.05) is 18.2 Å². The molecule has 4 nitrogen and oxygen atoms in total. The van der Waals surface area contributed by atoms with E-state index in [4.69, 9.17) is 5.11 Å². The molecule has 114 valence electrons. The third-order valence-corrected chi connectivity index (χ3v) is 4.77. The number of hydrogen-bond donors (Lipinski definition) is 1. The van der Waals surface area contributed by atoms with Crippen LogP contribution in [0, 0.1) is 5.92 Å². The van der Waals surface area contributed by atoms with Gasteiger partial charge in [0.15, 0.2) is 0 Å². The van der Waals surface area contributed by atoms with E-state index in [2.05, 4.69) is 0 Å². The Morgan fingerprint density at radius 2 is 1.86 bits per heavy atom. The van der Waals surface area contributed by atoms with Crippen LogP contribution in [0.3, 0.4) is 0 Å². The molecule has 1 fully saturated rings. The number of piperidine rings is 1. The van der Waals surface area contributed by atoms with Crippen molar-refractivity contribution in [1.82, 2.24) is 4.90 Å². The van der Waals surface area contributed by atoms with Gasteiger partial charge in [-0.2, -0.15) is 0 Å². The molecule has 0 radical (unpaired) electrons. The molecule has 1 saturated heterocycles. The monoisotopic (exact) mass is 307 g/mol. The van der Waals surface area contributed by atoms with Crippen LogP contribution in [0.15, 0.2) is 35.2 Å². The number of nitrogens with zero attached hydrogens (tertiary/aromatic N) is 1. The molecule has 1 heterocycles. The predicted octanol–water partition coefficient (Wildman–Crippen LogP) is 2.88. The van der Waals surface area contributed by atoms with Gasteiger partial charge >= 0.3 is 5.97 Å². The molecular formula is C16H21NO3S. The first-order valence-electron chi connectivity index (χ1n) is 7.32. The van der Waals surface area contributed by atoms with Crippen molar-refractivity contribution in [2.24, 2.45) is 5.92 Å². The van der Waals surface area contributed by atoms with Crippen molar-refractivity contribution in [3.8, 4) is 0 Å². The fourth-order valence-corrected chi connectivity index (χ4v) is 3.43. The third kappa shape index (κ3) is 5.42. The first-order valence-corrected chi connectivity index (χ1v) is 8.31. The zero-order valence-corrected chi connectivity index (χ0v) is 12.8. The van der Waals surface area contributed by atoms with E-state index in [9.17, 15) is 9.59 Å². The van der Waals surface area contributed by atoms with E-state index in [0.29, 0.717) is 19.5 Å². The molecule has 0 spiro atoms. The van der Waals surface area contributed by atoms with E-state index in [1.807, 2.05) is 35.2 Å². The number of rotatable bonds is 6. The lowest BCUT2D eigenvalue weighted by atomic mass is 9.93. The van der Waals surface area contributed by atoms with E-state index < -0.39 is 5.97 Å². The number of aliphatic carboxylic acids is 1. The number of thioether (sulfide) groups is 1. The van der Waals surface area contributed by atoms with Gasteiger partial charge in [0.05, 0.1) is 0 Å². The number of carboxylic acids is 1. The molecule has 0 saturated carbocycles. The minimum Gasteiger partial charge on any atom is -0.481 e. The molecule has 1 N–H and O–H groups in total. The summed E-state index contributed by atoms with van der Waals surface area (Å²) < 4.78 is 0. The van der Waals surface area contributed by atoms with Crippen molar-refractivity contribution in [2.75, 3.05) is 18.8 Å². The number of hydrogen-bond acceptors (Lipinski definition) is 3. The Labute approximate surface area is 129 Å². The van der Waals surface area contributed by atoms with E-state index in [0.717, 1.165) is 18.6 Å². The van der Waals surface area contributed by atoms with Crippen LogP contribution in [0.1, 0.15) is 25.7 Å². The maximum Gasteiger partial charge on any atom is 0.303 e. The first kappa shape index (κ1) is 15.9. The lowest BCUT2D eigenvalue weighted by Crippen LogP contribution is -2.39. The SMILES string of the molecule is O=C(O)CC1CCN(C(=O)CCSc2ccccc2)CC1. The summed E-state index contributed by atoms with van der Waals surface area (Å²) in [4.78, 5) is 25.9. The Hall–Kier alpha value is -1.49. The number of likely N-dealkylation sites (tertiary alicyclic amines) is 1. The lowest BCUT2D eigenvalue weighted by Gasteiger charge is -2.31. The summed E-state index contributed by atoms with van der Waals surface area (Å²) >= 11 is 1.70. The number of carbonyl (C=O) groups excluding carboxylic acids is 1. The molecule has 1 aliphatic rings. The van der Waals surface area contributed by atoms with Crippen molar-refractivity contribution in [3.05, 3.63) is 30.3 Å². The summed E-state index contributed by atoms with van der Waals surface area (Å²) in [7, 11) is 0. The molecule has 1 aliphatic heterocycles. The van der Waals surface area contributed by atoms with E-state index in [-0.39, 0.29) is 18.2 Å². The number of carboxylic acid groups (broad SMARTS) is 1. The summed E-state index contributed by atoms with van der Waals surface area (Å²) in [6.07, 6.45) is 2.39. The molecule has 5 heteroatoms. The second-order valence-corrected chi connectivity index (χ2v) is 6.50. The molecule has 1 aromatic carbocycles. The fourth-order valence-electron chi connectivity index (χ4n) is 2.56. The van der Waals surface area contributed by atoms with Gasteiger partial charge in [0, 0.05) is 36.6 Å². The van der Waals surface area contributed by atoms with Crippen molar-refractivity contribution < 1.29 is 14.7 Å². The van der Waals surface area contributed by atoms with Gasteiger partial charge in [-0.05, 0) is 30.9 Å². The quantitative estimate of drug-likeness (QED) is 0.821. The maximum absolute atomic E-state index is 12.1. The van der Waals surface area contributed by atoms with Gasteiger partial charge in [0.25, 0.3) is 0 Å². The molecule has 0 bridgehead atoms. The summed E-state index contributed by atoms with van der Waals surface area (Å²) in [6.45, 7) is 1.40. The first-order chi connectivity index (χ1) is 10.1. The number of benzene rings is 1. The van der Waals surface area contributed by atoms with Gasteiger partial charge in [0.1, 0.15) is 0 Å². The van der Waals surface area contributed by atoms with Crippen LogP contribution in [0.4, 0.5) is 0 Å². The Morgan fingerprint density at radius 1 is 1.19 bits per heavy atom. The molecule has 1 amide bonds. The van der Waals surface area contributed by atoms with Crippen LogP contribution >= 0.6 is 11.8 Å². The highest BCUT2D eigenvalue weighted by Crippen LogP contribution is 2.22. The van der Waals surface area contributed by atoms with Crippen molar-refractivity contribution in [3.63, 3.8) is 0 Å². The zero-order valence-electron chi connectivity index (χ0n) is 12.0. The van der Waals surface area contributed by atoms with E-state index >= 15 is 0 Å². The lowest BCUT2D eigenvalue weighted by molar-refractivity contribution is -0.138. The average molecular weight is 307 g/mol. The van der Waals surface area contributed by atoms with Crippen LogP contribution in [0.2, 0.25) is 0 Å². The third-order valence-electron chi connectivity index (χ3n) is 3.76. The summed E-state index contributed by atoms with van der Waals surface area (Å²) in [6, 6.07) is 10.1. The standard InChI is InChI=1S/C16H21NO3S/c18-15(8-11-21-14-4-2-1-3-5-14)17-9-6-13(7-10-17)12-16(19)20/h1-5,13H,6-12H2,(H,19,20). The second kappa shape index (κ2) is 8.08. The zero-order chi connectivity index (χ0) is 15.1. The predicted molar refractivity (Wildman–Crippen MR) is 83.3 cm³/mol. The van der Waals surface area contributed by atoms with Crippen molar-refractivity contribution >= 4 is 23.6 Å². The minimum absolute atomic E-state index is 0.187. The molecule has 0 aliphatic carbocycles. The van der Waals surface area contributed by atoms with Gasteiger partial charge < -0.3 is 10.0 Å². The van der Waals surface area contributed by atoms with Crippen LogP contribution in [0.25, 0.3) is 0 Å². The molecular weight excluding hydrogens is 286 g/mol. The van der Waals surface area contributed by atoms with Crippen LogP contribution in [-0.2, 0) is 9.59 Å². The molecule has 21 heavy (non-hydrogen) atoms. The van der Waals surface area contributed by atoms with E-state index in [1.165, 1.54) is 4.90 Å². The Kier molecular flexibility index (Phi) is 6.11. The van der Waals surface area contributed by atoms with Crippen LogP contribution < -0.4 is 0 Å². The molecule has 0 atom stereocenters. The van der Waals surface area contributed by atoms with E-state index in [1.54, 1.807) is 11.8 Å².